The van der Waals surface area contributed by atoms with Crippen molar-refractivity contribution in [3.05, 3.63) is 35.4 Å². The lowest BCUT2D eigenvalue weighted by Gasteiger charge is -2.28. The van der Waals surface area contributed by atoms with Crippen LogP contribution in [0.4, 0.5) is 0 Å². The molecule has 1 aromatic rings. The van der Waals surface area contributed by atoms with Gasteiger partial charge in [-0.25, -0.2) is 0 Å². The fourth-order valence-electron chi connectivity index (χ4n) is 2.25. The first-order valence-electron chi connectivity index (χ1n) is 6.24. The molecule has 1 aromatic carbocycles. The molecule has 2 rings (SSSR count). The molecule has 0 radical (unpaired) electrons. The SMILES string of the molecule is CCN(C(=O)c1cccc(C#N)c1)[C@H]1COC[C@@H]1O. The van der Waals surface area contributed by atoms with Gasteiger partial charge in [-0.2, -0.15) is 5.26 Å². The Hall–Kier alpha value is -1.90. The van der Waals surface area contributed by atoms with Crippen LogP contribution in [-0.2, 0) is 4.74 Å². The molecular weight excluding hydrogens is 244 g/mol. The summed E-state index contributed by atoms with van der Waals surface area (Å²) in [7, 11) is 0. The highest BCUT2D eigenvalue weighted by Gasteiger charge is 2.34. The Bertz CT molecular complexity index is 510. The van der Waals surface area contributed by atoms with Gasteiger partial charge in [0.25, 0.3) is 5.91 Å². The zero-order valence-corrected chi connectivity index (χ0v) is 10.7. The van der Waals surface area contributed by atoms with Crippen LogP contribution in [0.3, 0.4) is 0 Å². The third-order valence-electron chi connectivity index (χ3n) is 3.26. The van der Waals surface area contributed by atoms with E-state index < -0.39 is 6.10 Å². The number of hydrogen-bond donors (Lipinski definition) is 1. The highest BCUT2D eigenvalue weighted by Crippen LogP contribution is 2.17. The molecule has 1 heterocycles. The van der Waals surface area contributed by atoms with Crippen LogP contribution in [0.2, 0.25) is 0 Å². The van der Waals surface area contributed by atoms with Crippen LogP contribution in [0.25, 0.3) is 0 Å². The summed E-state index contributed by atoms with van der Waals surface area (Å²) in [6.07, 6.45) is -0.650. The van der Waals surface area contributed by atoms with E-state index in [1.54, 1.807) is 29.2 Å². The quantitative estimate of drug-likeness (QED) is 0.871. The van der Waals surface area contributed by atoms with E-state index in [9.17, 15) is 9.90 Å². The van der Waals surface area contributed by atoms with E-state index in [2.05, 4.69) is 0 Å². The Morgan fingerprint density at radius 3 is 2.95 bits per heavy atom. The molecule has 0 bridgehead atoms. The highest BCUT2D eigenvalue weighted by atomic mass is 16.5. The van der Waals surface area contributed by atoms with E-state index in [1.807, 2.05) is 13.0 Å². The normalized spacial score (nSPS) is 21.9. The fraction of sp³-hybridized carbons (Fsp3) is 0.429. The zero-order chi connectivity index (χ0) is 13.8. The minimum Gasteiger partial charge on any atom is -0.388 e. The molecule has 0 aliphatic carbocycles. The van der Waals surface area contributed by atoms with E-state index in [0.29, 0.717) is 24.3 Å². The number of carbonyl (C=O) groups is 1. The van der Waals surface area contributed by atoms with Gasteiger partial charge in [0.1, 0.15) is 0 Å². The summed E-state index contributed by atoms with van der Waals surface area (Å²) in [5.74, 6) is -0.186. The molecule has 5 heteroatoms. The molecule has 0 aromatic heterocycles. The zero-order valence-electron chi connectivity index (χ0n) is 10.7. The Labute approximate surface area is 112 Å². The van der Waals surface area contributed by atoms with Crippen LogP contribution in [0.15, 0.2) is 24.3 Å². The van der Waals surface area contributed by atoms with Gasteiger partial charge in [-0.05, 0) is 25.1 Å². The Morgan fingerprint density at radius 2 is 2.37 bits per heavy atom. The molecule has 100 valence electrons. The number of nitriles is 1. The van der Waals surface area contributed by atoms with Crippen LogP contribution >= 0.6 is 0 Å². The van der Waals surface area contributed by atoms with Crippen LogP contribution < -0.4 is 0 Å². The van der Waals surface area contributed by atoms with Crippen LogP contribution in [0.1, 0.15) is 22.8 Å². The summed E-state index contributed by atoms with van der Waals surface area (Å²) in [6, 6.07) is 8.27. The number of amides is 1. The van der Waals surface area contributed by atoms with Crippen LogP contribution in [0.5, 0.6) is 0 Å². The lowest BCUT2D eigenvalue weighted by Crippen LogP contribution is -2.46. The predicted octanol–water partition coefficient (Wildman–Crippen LogP) is 0.780. The number of carbonyl (C=O) groups excluding carboxylic acids is 1. The molecular formula is C14H16N2O3. The smallest absolute Gasteiger partial charge is 0.254 e. The largest absolute Gasteiger partial charge is 0.388 e. The van der Waals surface area contributed by atoms with Crippen molar-refractivity contribution in [1.82, 2.24) is 4.90 Å². The maximum absolute atomic E-state index is 12.4. The van der Waals surface area contributed by atoms with Crippen molar-refractivity contribution in [1.29, 1.82) is 5.26 Å². The van der Waals surface area contributed by atoms with E-state index in [4.69, 9.17) is 10.00 Å². The molecule has 1 fully saturated rings. The second-order valence-electron chi connectivity index (χ2n) is 4.46. The topological polar surface area (TPSA) is 73.6 Å². The molecule has 1 aliphatic rings. The fourth-order valence-corrected chi connectivity index (χ4v) is 2.25. The molecule has 1 N–H and O–H groups in total. The average Bonchev–Trinajstić information content (AvgIpc) is 2.86. The Balaban J connectivity index is 2.23. The number of likely N-dealkylation sites (N-methyl/N-ethyl adjacent to an activating group) is 1. The summed E-state index contributed by atoms with van der Waals surface area (Å²) < 4.78 is 5.19. The van der Waals surface area contributed by atoms with Gasteiger partial charge in [0.2, 0.25) is 0 Å². The average molecular weight is 260 g/mol. The number of benzene rings is 1. The van der Waals surface area contributed by atoms with Gasteiger partial charge in [0.05, 0.1) is 37.0 Å². The second kappa shape index (κ2) is 5.83. The second-order valence-corrected chi connectivity index (χ2v) is 4.46. The maximum atomic E-state index is 12.4. The number of aliphatic hydroxyl groups excluding tert-OH is 1. The minimum atomic E-state index is -0.650. The number of rotatable bonds is 3. The van der Waals surface area contributed by atoms with Crippen LogP contribution in [-0.4, -0.2) is 47.8 Å². The van der Waals surface area contributed by atoms with Crippen molar-refractivity contribution in [2.24, 2.45) is 0 Å². The number of nitrogens with zero attached hydrogens (tertiary/aromatic N) is 2. The number of ether oxygens (including phenoxy) is 1. The van der Waals surface area contributed by atoms with Crippen molar-refractivity contribution in [2.75, 3.05) is 19.8 Å². The molecule has 1 aliphatic heterocycles. The molecule has 1 amide bonds. The monoisotopic (exact) mass is 260 g/mol. The molecule has 2 atom stereocenters. The van der Waals surface area contributed by atoms with Gasteiger partial charge in [-0.1, -0.05) is 6.07 Å². The van der Waals surface area contributed by atoms with Crippen molar-refractivity contribution in [3.63, 3.8) is 0 Å². The third-order valence-corrected chi connectivity index (χ3v) is 3.26. The molecule has 19 heavy (non-hydrogen) atoms. The Kier molecular flexibility index (Phi) is 4.15. The summed E-state index contributed by atoms with van der Waals surface area (Å²) in [4.78, 5) is 14.0. The van der Waals surface area contributed by atoms with Gasteiger partial charge in [0, 0.05) is 12.1 Å². The molecule has 0 spiro atoms. The van der Waals surface area contributed by atoms with Gasteiger partial charge < -0.3 is 14.7 Å². The first-order valence-corrected chi connectivity index (χ1v) is 6.24. The van der Waals surface area contributed by atoms with Crippen molar-refractivity contribution in [2.45, 2.75) is 19.1 Å². The summed E-state index contributed by atoms with van der Waals surface area (Å²) in [5, 5.41) is 18.7. The lowest BCUT2D eigenvalue weighted by atomic mass is 10.1. The number of aliphatic hydroxyl groups is 1. The molecule has 0 saturated carbocycles. The molecule has 0 unspecified atom stereocenters. The maximum Gasteiger partial charge on any atom is 0.254 e. The third kappa shape index (κ3) is 2.75. The molecule has 5 nitrogen and oxygen atoms in total. The van der Waals surface area contributed by atoms with Gasteiger partial charge in [-0.15, -0.1) is 0 Å². The first-order chi connectivity index (χ1) is 9.17. The summed E-state index contributed by atoms with van der Waals surface area (Å²) in [5.41, 5.74) is 0.908. The van der Waals surface area contributed by atoms with Gasteiger partial charge in [-0.3, -0.25) is 4.79 Å². The van der Waals surface area contributed by atoms with E-state index in [1.165, 1.54) is 0 Å². The van der Waals surface area contributed by atoms with E-state index >= 15 is 0 Å². The van der Waals surface area contributed by atoms with Crippen molar-refractivity contribution >= 4 is 5.91 Å². The van der Waals surface area contributed by atoms with Crippen molar-refractivity contribution < 1.29 is 14.6 Å². The van der Waals surface area contributed by atoms with Gasteiger partial charge in [0.15, 0.2) is 0 Å². The summed E-state index contributed by atoms with van der Waals surface area (Å²) in [6.45, 7) is 2.95. The lowest BCUT2D eigenvalue weighted by molar-refractivity contribution is 0.0520. The van der Waals surface area contributed by atoms with Gasteiger partial charge >= 0.3 is 0 Å². The Morgan fingerprint density at radius 1 is 1.58 bits per heavy atom. The highest BCUT2D eigenvalue weighted by molar-refractivity contribution is 5.94. The summed E-state index contributed by atoms with van der Waals surface area (Å²) >= 11 is 0. The first kappa shape index (κ1) is 13.5. The van der Waals surface area contributed by atoms with Crippen molar-refractivity contribution in [3.8, 4) is 6.07 Å². The molecule has 1 saturated heterocycles. The standard InChI is InChI=1S/C14H16N2O3/c1-2-16(12-8-19-9-13(12)17)14(18)11-5-3-4-10(6-11)7-15/h3-6,12-13,17H,2,8-9H2,1H3/t12-,13-/m0/s1. The number of hydrogen-bond acceptors (Lipinski definition) is 4. The van der Waals surface area contributed by atoms with Crippen LogP contribution in [0, 0.1) is 11.3 Å². The minimum absolute atomic E-state index is 0.186. The van der Waals surface area contributed by atoms with E-state index in [-0.39, 0.29) is 18.6 Å². The predicted molar refractivity (Wildman–Crippen MR) is 68.5 cm³/mol. The van der Waals surface area contributed by atoms with E-state index in [0.717, 1.165) is 0 Å².